The van der Waals surface area contributed by atoms with Gasteiger partial charge in [-0.3, -0.25) is 9.59 Å². The highest BCUT2D eigenvalue weighted by atomic mass is 35.5. The van der Waals surface area contributed by atoms with E-state index in [9.17, 15) is 9.59 Å². The maximum atomic E-state index is 11.8. The van der Waals surface area contributed by atoms with Crippen molar-refractivity contribution in [1.82, 2.24) is 10.6 Å². The highest BCUT2D eigenvalue weighted by Gasteiger charge is 2.04. The highest BCUT2D eigenvalue weighted by Crippen LogP contribution is 2.03. The number of nitrogens with two attached hydrogens (primary N) is 1. The van der Waals surface area contributed by atoms with Crippen molar-refractivity contribution in [2.24, 2.45) is 5.73 Å². The van der Waals surface area contributed by atoms with E-state index in [-0.39, 0.29) is 24.2 Å². The molecular formula is C17H28ClN3O2. The van der Waals surface area contributed by atoms with Gasteiger partial charge in [0.25, 0.3) is 5.91 Å². The van der Waals surface area contributed by atoms with E-state index in [1.165, 1.54) is 0 Å². The summed E-state index contributed by atoms with van der Waals surface area (Å²) in [6, 6.07) is 7.40. The van der Waals surface area contributed by atoms with E-state index in [4.69, 9.17) is 5.73 Å². The van der Waals surface area contributed by atoms with E-state index in [2.05, 4.69) is 10.6 Å². The molecule has 0 radical (unpaired) electrons. The first-order valence-electron chi connectivity index (χ1n) is 7.95. The second-order valence-electron chi connectivity index (χ2n) is 5.42. The Hall–Kier alpha value is -1.59. The molecule has 0 atom stereocenters. The fourth-order valence-corrected chi connectivity index (χ4v) is 2.06. The van der Waals surface area contributed by atoms with Crippen molar-refractivity contribution < 1.29 is 9.59 Å². The number of carbonyl (C=O) groups is 2. The summed E-state index contributed by atoms with van der Waals surface area (Å²) in [4.78, 5) is 23.4. The standard InChI is InChI=1S/C17H27N3O2.ClH/c1-14-7-9-15(10-8-14)17(22)20-13-12-19-16(21)6-4-2-3-5-11-18;/h7-10H,2-6,11-13,18H2,1H3,(H,19,21)(H,20,22);1H. The highest BCUT2D eigenvalue weighted by molar-refractivity contribution is 5.94. The summed E-state index contributed by atoms with van der Waals surface area (Å²) < 4.78 is 0. The van der Waals surface area contributed by atoms with Crippen LogP contribution in [-0.2, 0) is 4.79 Å². The Kier molecular flexibility index (Phi) is 12.0. The van der Waals surface area contributed by atoms with Gasteiger partial charge in [-0.15, -0.1) is 12.4 Å². The number of amides is 2. The fourth-order valence-electron chi connectivity index (χ4n) is 2.06. The monoisotopic (exact) mass is 341 g/mol. The van der Waals surface area contributed by atoms with Gasteiger partial charge < -0.3 is 16.4 Å². The quantitative estimate of drug-likeness (QED) is 0.570. The van der Waals surface area contributed by atoms with Crippen LogP contribution in [0.25, 0.3) is 0 Å². The Morgan fingerprint density at radius 2 is 1.57 bits per heavy atom. The first kappa shape index (κ1) is 21.4. The lowest BCUT2D eigenvalue weighted by Crippen LogP contribution is -2.34. The summed E-state index contributed by atoms with van der Waals surface area (Å²) in [6.45, 7) is 3.59. The zero-order valence-electron chi connectivity index (χ0n) is 13.8. The van der Waals surface area contributed by atoms with Crippen LogP contribution in [0.4, 0.5) is 0 Å². The van der Waals surface area contributed by atoms with Gasteiger partial charge >= 0.3 is 0 Å². The van der Waals surface area contributed by atoms with Gasteiger partial charge in [0, 0.05) is 25.1 Å². The molecule has 23 heavy (non-hydrogen) atoms. The zero-order valence-corrected chi connectivity index (χ0v) is 14.6. The molecule has 6 heteroatoms. The molecule has 0 aliphatic carbocycles. The van der Waals surface area contributed by atoms with E-state index < -0.39 is 0 Å². The van der Waals surface area contributed by atoms with Crippen LogP contribution in [0.5, 0.6) is 0 Å². The summed E-state index contributed by atoms with van der Waals surface area (Å²) in [6.07, 6.45) is 4.57. The van der Waals surface area contributed by atoms with Crippen molar-refractivity contribution in [1.29, 1.82) is 0 Å². The van der Waals surface area contributed by atoms with Crippen LogP contribution in [0, 0.1) is 6.92 Å². The van der Waals surface area contributed by atoms with Gasteiger partial charge in [-0.05, 0) is 38.4 Å². The van der Waals surface area contributed by atoms with Crippen LogP contribution in [0.2, 0.25) is 0 Å². The number of halogens is 1. The minimum absolute atomic E-state index is 0. The largest absolute Gasteiger partial charge is 0.354 e. The van der Waals surface area contributed by atoms with Crippen LogP contribution in [-0.4, -0.2) is 31.4 Å². The number of carbonyl (C=O) groups excluding carboxylic acids is 2. The molecule has 2 amide bonds. The van der Waals surface area contributed by atoms with Crippen molar-refractivity contribution in [3.05, 3.63) is 35.4 Å². The van der Waals surface area contributed by atoms with Gasteiger partial charge in [0.15, 0.2) is 0 Å². The molecule has 1 aromatic carbocycles. The maximum Gasteiger partial charge on any atom is 0.251 e. The smallest absolute Gasteiger partial charge is 0.251 e. The van der Waals surface area contributed by atoms with E-state index in [1.54, 1.807) is 12.1 Å². The molecule has 0 saturated heterocycles. The number of hydrogen-bond donors (Lipinski definition) is 3. The van der Waals surface area contributed by atoms with Crippen molar-refractivity contribution in [3.8, 4) is 0 Å². The first-order valence-corrected chi connectivity index (χ1v) is 7.95. The fraction of sp³-hybridized carbons (Fsp3) is 0.529. The normalized spacial score (nSPS) is 9.83. The lowest BCUT2D eigenvalue weighted by molar-refractivity contribution is -0.121. The lowest BCUT2D eigenvalue weighted by atomic mass is 10.1. The van der Waals surface area contributed by atoms with Gasteiger partial charge in [0.2, 0.25) is 5.91 Å². The Labute approximate surface area is 144 Å². The Bertz CT molecular complexity index is 463. The summed E-state index contributed by atoms with van der Waals surface area (Å²) in [7, 11) is 0. The summed E-state index contributed by atoms with van der Waals surface area (Å²) in [5.74, 6) is -0.0756. The molecule has 1 aromatic rings. The molecule has 0 heterocycles. The Morgan fingerprint density at radius 3 is 2.22 bits per heavy atom. The lowest BCUT2D eigenvalue weighted by Gasteiger charge is -2.07. The molecule has 4 N–H and O–H groups in total. The van der Waals surface area contributed by atoms with Crippen LogP contribution in [0.15, 0.2) is 24.3 Å². The van der Waals surface area contributed by atoms with Gasteiger partial charge in [-0.1, -0.05) is 30.5 Å². The van der Waals surface area contributed by atoms with Crippen LogP contribution in [0.3, 0.4) is 0 Å². The predicted molar refractivity (Wildman–Crippen MR) is 95.9 cm³/mol. The molecule has 1 rings (SSSR count). The molecule has 130 valence electrons. The number of nitrogens with one attached hydrogen (secondary N) is 2. The van der Waals surface area contributed by atoms with E-state index in [1.807, 2.05) is 19.1 Å². The molecule has 0 fully saturated rings. The molecule has 0 aromatic heterocycles. The van der Waals surface area contributed by atoms with Crippen LogP contribution < -0.4 is 16.4 Å². The SMILES string of the molecule is Cc1ccc(C(=O)NCCNC(=O)CCCCCCN)cc1.Cl. The van der Waals surface area contributed by atoms with Gasteiger partial charge in [-0.25, -0.2) is 0 Å². The molecule has 0 aliphatic heterocycles. The number of benzene rings is 1. The summed E-state index contributed by atoms with van der Waals surface area (Å²) in [5.41, 5.74) is 7.17. The second kappa shape index (κ2) is 12.9. The minimum atomic E-state index is -0.115. The van der Waals surface area contributed by atoms with Crippen molar-refractivity contribution in [2.45, 2.75) is 39.0 Å². The minimum Gasteiger partial charge on any atom is -0.354 e. The predicted octanol–water partition coefficient (Wildman–Crippen LogP) is 2.17. The third-order valence-electron chi connectivity index (χ3n) is 3.40. The summed E-state index contributed by atoms with van der Waals surface area (Å²) in [5, 5.41) is 5.60. The number of hydrogen-bond acceptors (Lipinski definition) is 3. The average Bonchev–Trinajstić information content (AvgIpc) is 2.52. The molecule has 0 spiro atoms. The molecule has 5 nitrogen and oxygen atoms in total. The molecular weight excluding hydrogens is 314 g/mol. The molecule has 0 saturated carbocycles. The van der Waals surface area contributed by atoms with Crippen LogP contribution >= 0.6 is 12.4 Å². The zero-order chi connectivity index (χ0) is 16.2. The van der Waals surface area contributed by atoms with Gasteiger partial charge in [-0.2, -0.15) is 0 Å². The Balaban J connectivity index is 0.00000484. The molecule has 0 unspecified atom stereocenters. The number of aryl methyl sites for hydroxylation is 1. The van der Waals surface area contributed by atoms with Gasteiger partial charge in [0.05, 0.1) is 0 Å². The maximum absolute atomic E-state index is 11.8. The van der Waals surface area contributed by atoms with Crippen molar-refractivity contribution in [2.75, 3.05) is 19.6 Å². The van der Waals surface area contributed by atoms with E-state index in [0.29, 0.717) is 31.6 Å². The molecule has 0 aliphatic rings. The third kappa shape index (κ3) is 9.92. The van der Waals surface area contributed by atoms with Crippen molar-refractivity contribution >= 4 is 24.2 Å². The Morgan fingerprint density at radius 1 is 0.957 bits per heavy atom. The van der Waals surface area contributed by atoms with Crippen LogP contribution in [0.1, 0.15) is 48.0 Å². The first-order chi connectivity index (χ1) is 10.6. The topological polar surface area (TPSA) is 84.2 Å². The second-order valence-corrected chi connectivity index (χ2v) is 5.42. The van der Waals surface area contributed by atoms with Gasteiger partial charge in [0.1, 0.15) is 0 Å². The average molecular weight is 342 g/mol. The van der Waals surface area contributed by atoms with Crippen molar-refractivity contribution in [3.63, 3.8) is 0 Å². The number of rotatable bonds is 10. The summed E-state index contributed by atoms with van der Waals surface area (Å²) >= 11 is 0. The number of unbranched alkanes of at least 4 members (excludes halogenated alkanes) is 3. The molecule has 0 bridgehead atoms. The van der Waals surface area contributed by atoms with E-state index >= 15 is 0 Å². The van der Waals surface area contributed by atoms with E-state index in [0.717, 1.165) is 31.2 Å². The third-order valence-corrected chi connectivity index (χ3v) is 3.40.